The molecule has 0 radical (unpaired) electrons. The van der Waals surface area contributed by atoms with E-state index in [1.54, 1.807) is 0 Å². The molecule has 0 saturated carbocycles. The van der Waals surface area contributed by atoms with Crippen molar-refractivity contribution in [3.8, 4) is 0 Å². The molecule has 0 unspecified atom stereocenters. The van der Waals surface area contributed by atoms with Crippen LogP contribution in [0.4, 0.5) is 0 Å². The van der Waals surface area contributed by atoms with Crippen molar-refractivity contribution in [3.63, 3.8) is 0 Å². The van der Waals surface area contributed by atoms with Gasteiger partial charge in [-0.2, -0.15) is 0 Å². The van der Waals surface area contributed by atoms with Crippen LogP contribution in [0.3, 0.4) is 0 Å². The molecule has 1 rings (SSSR count). The molecule has 0 aromatic heterocycles. The van der Waals surface area contributed by atoms with Crippen LogP contribution in [-0.2, 0) is 0 Å². The third-order valence-corrected chi connectivity index (χ3v) is 2.21. The Bertz CT molecular complexity index is 415. The lowest BCUT2D eigenvalue weighted by atomic mass is 10.1. The molecule has 0 fully saturated rings. The van der Waals surface area contributed by atoms with E-state index < -0.39 is 0 Å². The Morgan fingerprint density at radius 3 is 2.64 bits per heavy atom. The average molecular weight is 188 g/mol. The van der Waals surface area contributed by atoms with E-state index in [2.05, 4.69) is 19.1 Å². The molecule has 1 nitrogen and oxygen atoms in total. The van der Waals surface area contributed by atoms with E-state index in [0.29, 0.717) is 0 Å². The third-order valence-electron chi connectivity index (χ3n) is 2.21. The predicted octanol–water partition coefficient (Wildman–Crippen LogP) is 1.88. The van der Waals surface area contributed by atoms with Crippen molar-refractivity contribution >= 4 is 18.4 Å². The van der Waals surface area contributed by atoms with Gasteiger partial charge in [0.1, 0.15) is 6.29 Å². The van der Waals surface area contributed by atoms with Gasteiger partial charge in [0.05, 0.1) is 0 Å². The van der Waals surface area contributed by atoms with Crippen molar-refractivity contribution in [2.75, 3.05) is 0 Å². The Hall–Kier alpha value is -1.37. The van der Waals surface area contributed by atoms with Gasteiger partial charge in [-0.25, -0.2) is 0 Å². The molecule has 1 heteroatoms. The third kappa shape index (κ3) is 2.56. The predicted molar refractivity (Wildman–Crippen MR) is 60.6 cm³/mol. The number of carbonyl (C=O) groups excluding carboxylic acids is 1. The first-order valence-corrected chi connectivity index (χ1v) is 5.03. The Morgan fingerprint density at radius 1 is 1.29 bits per heavy atom. The molecule has 0 N–H and O–H groups in total. The zero-order valence-corrected chi connectivity index (χ0v) is 8.79. The Kier molecular flexibility index (Phi) is 4.11. The quantitative estimate of drug-likeness (QED) is 0.662. The Labute approximate surface area is 84.8 Å². The zero-order valence-electron chi connectivity index (χ0n) is 8.79. The molecule has 0 bridgehead atoms. The Morgan fingerprint density at radius 2 is 2.07 bits per heavy atom. The van der Waals surface area contributed by atoms with Crippen LogP contribution >= 0.6 is 0 Å². The first kappa shape index (κ1) is 10.7. The average Bonchev–Trinajstić information content (AvgIpc) is 2.25. The van der Waals surface area contributed by atoms with E-state index >= 15 is 0 Å². The van der Waals surface area contributed by atoms with Crippen LogP contribution in [0.1, 0.15) is 37.0 Å². The van der Waals surface area contributed by atoms with Crippen molar-refractivity contribution < 1.29 is 4.79 Å². The van der Waals surface area contributed by atoms with E-state index in [4.69, 9.17) is 0 Å². The molecular formula is C13H16O. The lowest BCUT2D eigenvalue weighted by Gasteiger charge is -1.93. The van der Waals surface area contributed by atoms with Gasteiger partial charge < -0.3 is 0 Å². The van der Waals surface area contributed by atoms with Crippen LogP contribution in [-0.4, -0.2) is 6.29 Å². The second-order valence-corrected chi connectivity index (χ2v) is 3.29. The fourth-order valence-corrected chi connectivity index (χ4v) is 1.41. The number of hydrogen-bond acceptors (Lipinski definition) is 1. The minimum absolute atomic E-state index is 0.748. The summed E-state index contributed by atoms with van der Waals surface area (Å²) in [6.45, 7) is 4.16. The summed E-state index contributed by atoms with van der Waals surface area (Å²) in [5.41, 5.74) is 0.748. The fraction of sp³-hybridized carbons (Fsp3) is 0.308. The van der Waals surface area contributed by atoms with Gasteiger partial charge in [-0.15, -0.1) is 0 Å². The molecule has 1 aromatic carbocycles. The van der Waals surface area contributed by atoms with Gasteiger partial charge in [0, 0.05) is 5.56 Å². The molecule has 0 aliphatic rings. The lowest BCUT2D eigenvalue weighted by Crippen LogP contribution is -2.24. The normalized spacial score (nSPS) is 13.3. The van der Waals surface area contributed by atoms with E-state index in [-0.39, 0.29) is 0 Å². The molecule has 0 aliphatic carbocycles. The standard InChI is InChI=1S/C13H16O/c1-3-5-6-13-9-11(10-14)7-8-12(13)4-2/h4,6-10H,3,5H2,1-2H3/b12-4-,13-6-. The van der Waals surface area contributed by atoms with E-state index in [1.165, 1.54) is 10.4 Å². The molecule has 0 atom stereocenters. The number of benzene rings is 1. The summed E-state index contributed by atoms with van der Waals surface area (Å²) < 4.78 is 0. The summed E-state index contributed by atoms with van der Waals surface area (Å²) in [6, 6.07) is 5.79. The van der Waals surface area contributed by atoms with Crippen LogP contribution in [0.5, 0.6) is 0 Å². The number of unbranched alkanes of at least 4 members (excludes halogenated alkanes) is 1. The van der Waals surface area contributed by atoms with Crippen LogP contribution in [0, 0.1) is 0 Å². The molecular weight excluding hydrogens is 172 g/mol. The van der Waals surface area contributed by atoms with Gasteiger partial charge in [-0.3, -0.25) is 4.79 Å². The monoisotopic (exact) mass is 188 g/mol. The topological polar surface area (TPSA) is 17.1 Å². The molecule has 0 spiro atoms. The van der Waals surface area contributed by atoms with Gasteiger partial charge in [-0.05, 0) is 29.8 Å². The molecule has 0 heterocycles. The molecule has 0 amide bonds. The highest BCUT2D eigenvalue weighted by atomic mass is 16.1. The van der Waals surface area contributed by atoms with Crippen LogP contribution < -0.4 is 10.4 Å². The summed E-state index contributed by atoms with van der Waals surface area (Å²) in [6.07, 6.45) is 7.33. The zero-order chi connectivity index (χ0) is 10.4. The largest absolute Gasteiger partial charge is 0.298 e. The maximum Gasteiger partial charge on any atom is 0.150 e. The second-order valence-electron chi connectivity index (χ2n) is 3.29. The van der Waals surface area contributed by atoms with Crippen molar-refractivity contribution in [2.24, 2.45) is 0 Å². The highest BCUT2D eigenvalue weighted by molar-refractivity contribution is 5.74. The highest BCUT2D eigenvalue weighted by Gasteiger charge is 1.89. The summed E-state index contributed by atoms with van der Waals surface area (Å²) in [7, 11) is 0. The first-order chi connectivity index (χ1) is 6.81. The number of carbonyl (C=O) groups is 1. The summed E-state index contributed by atoms with van der Waals surface area (Å²) >= 11 is 0. The summed E-state index contributed by atoms with van der Waals surface area (Å²) in [5, 5.41) is 2.36. The Balaban J connectivity index is 3.29. The maximum absolute atomic E-state index is 10.6. The van der Waals surface area contributed by atoms with Crippen LogP contribution in [0.15, 0.2) is 18.2 Å². The summed E-state index contributed by atoms with van der Waals surface area (Å²) in [5.74, 6) is 0. The van der Waals surface area contributed by atoms with Crippen LogP contribution in [0.25, 0.3) is 12.2 Å². The first-order valence-electron chi connectivity index (χ1n) is 5.03. The van der Waals surface area contributed by atoms with Crippen molar-refractivity contribution in [3.05, 3.63) is 34.2 Å². The molecule has 0 aliphatic heterocycles. The number of rotatable bonds is 3. The van der Waals surface area contributed by atoms with Gasteiger partial charge in [0.25, 0.3) is 0 Å². The lowest BCUT2D eigenvalue weighted by molar-refractivity contribution is 0.112. The van der Waals surface area contributed by atoms with Gasteiger partial charge in [0.2, 0.25) is 0 Å². The second kappa shape index (κ2) is 5.38. The SMILES string of the molecule is C/C=c1/ccc(C=O)c/c1=C/CCC. The molecule has 74 valence electrons. The maximum atomic E-state index is 10.6. The van der Waals surface area contributed by atoms with Crippen molar-refractivity contribution in [1.82, 2.24) is 0 Å². The van der Waals surface area contributed by atoms with Crippen LogP contribution in [0.2, 0.25) is 0 Å². The van der Waals surface area contributed by atoms with E-state index in [9.17, 15) is 4.79 Å². The van der Waals surface area contributed by atoms with Gasteiger partial charge >= 0.3 is 0 Å². The number of hydrogen-bond donors (Lipinski definition) is 0. The summed E-state index contributed by atoms with van der Waals surface area (Å²) in [4.78, 5) is 10.6. The van der Waals surface area contributed by atoms with Gasteiger partial charge in [0.15, 0.2) is 0 Å². The van der Waals surface area contributed by atoms with Crippen molar-refractivity contribution in [2.45, 2.75) is 26.7 Å². The molecule has 0 saturated heterocycles. The molecule has 14 heavy (non-hydrogen) atoms. The van der Waals surface area contributed by atoms with Gasteiger partial charge in [-0.1, -0.05) is 37.6 Å². The van der Waals surface area contributed by atoms with E-state index in [1.807, 2.05) is 25.1 Å². The minimum Gasteiger partial charge on any atom is -0.298 e. The van der Waals surface area contributed by atoms with E-state index in [0.717, 1.165) is 24.7 Å². The minimum atomic E-state index is 0.748. The highest BCUT2D eigenvalue weighted by Crippen LogP contribution is 1.89. The number of aldehydes is 1. The molecule has 1 aromatic rings. The fourth-order valence-electron chi connectivity index (χ4n) is 1.41. The van der Waals surface area contributed by atoms with Crippen molar-refractivity contribution in [1.29, 1.82) is 0 Å². The smallest absolute Gasteiger partial charge is 0.150 e.